The van der Waals surface area contributed by atoms with Crippen molar-refractivity contribution in [2.45, 2.75) is 20.0 Å². The van der Waals surface area contributed by atoms with Gasteiger partial charge < -0.3 is 0 Å². The van der Waals surface area contributed by atoms with Crippen LogP contribution in [0.25, 0.3) is 0 Å². The van der Waals surface area contributed by atoms with Crippen LogP contribution in [0.2, 0.25) is 0 Å². The van der Waals surface area contributed by atoms with Gasteiger partial charge >= 0.3 is 0 Å². The first kappa shape index (κ1) is 12.6. The van der Waals surface area contributed by atoms with Crippen LogP contribution in [0.1, 0.15) is 16.7 Å². The van der Waals surface area contributed by atoms with E-state index in [4.69, 9.17) is 0 Å². The molecule has 0 saturated heterocycles. The molecule has 0 nitrogen and oxygen atoms in total. The van der Waals surface area contributed by atoms with Crippen LogP contribution >= 0.6 is 0 Å². The molecule has 0 aliphatic heterocycles. The predicted molar refractivity (Wildman–Crippen MR) is 39.7 cm³/mol. The van der Waals surface area contributed by atoms with Gasteiger partial charge in [0.05, 0.1) is 20.0 Å². The van der Waals surface area contributed by atoms with Gasteiger partial charge in [0.2, 0.25) is 0 Å². The monoisotopic (exact) mass is 237 g/mol. The molecule has 0 amide bonds. The molecule has 68 valence electrons. The summed E-state index contributed by atoms with van der Waals surface area (Å²) in [7, 11) is 0. The fraction of sp³-hybridized carbons (Fsp3) is 0.333. The summed E-state index contributed by atoms with van der Waals surface area (Å²) in [5.41, 5.74) is 0.713. The van der Waals surface area contributed by atoms with Crippen LogP contribution in [0, 0.1) is 6.07 Å². The second-order valence-corrected chi connectivity index (χ2v) is 2.44. The van der Waals surface area contributed by atoms with E-state index in [1.54, 1.807) is 0 Å². The summed E-state index contributed by atoms with van der Waals surface area (Å²) >= 11 is 0. The summed E-state index contributed by atoms with van der Waals surface area (Å²) in [6.07, 6.45) is 0. The minimum atomic E-state index is -0.735. The molecule has 0 saturated carbocycles. The molecule has 0 fully saturated rings. The number of hydrogen-bond donors (Lipinski definition) is 0. The van der Waals surface area contributed by atoms with Crippen molar-refractivity contribution >= 4 is 0 Å². The van der Waals surface area contributed by atoms with E-state index in [1.807, 2.05) is 0 Å². The Balaban J connectivity index is 0.00000144. The van der Waals surface area contributed by atoms with Crippen LogP contribution in [0.4, 0.5) is 13.2 Å². The Hall–Kier alpha value is -0.367. The van der Waals surface area contributed by atoms with Gasteiger partial charge in [-0.25, -0.2) is 13.2 Å². The SMILES string of the molecule is FCc1[c-]c(CF)cc(CF)c1.[Zn]. The van der Waals surface area contributed by atoms with E-state index in [1.165, 1.54) is 12.1 Å². The first-order valence-corrected chi connectivity index (χ1v) is 3.52. The number of benzene rings is 1. The van der Waals surface area contributed by atoms with Crippen LogP contribution in [0.15, 0.2) is 12.1 Å². The summed E-state index contributed by atoms with van der Waals surface area (Å²) in [5, 5.41) is 0. The largest absolute Gasteiger partial charge is 0.248 e. The summed E-state index contributed by atoms with van der Waals surface area (Å²) in [6, 6.07) is 5.19. The van der Waals surface area contributed by atoms with Gasteiger partial charge in [0.25, 0.3) is 0 Å². The first-order chi connectivity index (χ1) is 5.80. The molecule has 0 aromatic heterocycles. The predicted octanol–water partition coefficient (Wildman–Crippen LogP) is 2.89. The Morgan fingerprint density at radius 3 is 1.69 bits per heavy atom. The number of rotatable bonds is 3. The third-order valence-corrected chi connectivity index (χ3v) is 1.48. The van der Waals surface area contributed by atoms with Gasteiger partial charge in [-0.05, 0) is 0 Å². The maximum absolute atomic E-state index is 12.1. The van der Waals surface area contributed by atoms with Crippen molar-refractivity contribution in [3.63, 3.8) is 0 Å². The normalized spacial score (nSPS) is 9.46. The van der Waals surface area contributed by atoms with Gasteiger partial charge in [-0.3, -0.25) is 0 Å². The maximum Gasteiger partial charge on any atom is 0.0926 e. The number of alkyl halides is 3. The Morgan fingerprint density at radius 1 is 0.923 bits per heavy atom. The zero-order valence-corrected chi connectivity index (χ0v) is 10.1. The van der Waals surface area contributed by atoms with Crippen LogP contribution in [-0.4, -0.2) is 0 Å². The van der Waals surface area contributed by atoms with Crippen molar-refractivity contribution < 1.29 is 32.6 Å². The van der Waals surface area contributed by atoms with E-state index in [2.05, 4.69) is 6.07 Å². The van der Waals surface area contributed by atoms with Crippen LogP contribution in [0.3, 0.4) is 0 Å². The molecule has 0 bridgehead atoms. The number of halogens is 3. The molecular formula is C9H8F3Zn-. The molecule has 0 spiro atoms. The Morgan fingerprint density at radius 2 is 1.38 bits per heavy atom. The Kier molecular flexibility index (Phi) is 5.97. The van der Waals surface area contributed by atoms with Crippen molar-refractivity contribution in [1.82, 2.24) is 0 Å². The second kappa shape index (κ2) is 6.14. The van der Waals surface area contributed by atoms with Crippen LogP contribution < -0.4 is 0 Å². The summed E-state index contributed by atoms with van der Waals surface area (Å²) in [6.45, 7) is -2.17. The van der Waals surface area contributed by atoms with E-state index in [0.29, 0.717) is 5.56 Å². The van der Waals surface area contributed by atoms with Crippen molar-refractivity contribution in [1.29, 1.82) is 0 Å². The molecule has 1 aromatic rings. The van der Waals surface area contributed by atoms with Crippen molar-refractivity contribution in [2.75, 3.05) is 0 Å². The molecule has 0 N–H and O–H groups in total. The van der Waals surface area contributed by atoms with E-state index in [9.17, 15) is 13.2 Å². The van der Waals surface area contributed by atoms with Crippen LogP contribution in [-0.2, 0) is 39.5 Å². The summed E-state index contributed by atoms with van der Waals surface area (Å²) in [5.74, 6) is 0. The Labute approximate surface area is 87.9 Å². The second-order valence-electron chi connectivity index (χ2n) is 2.44. The van der Waals surface area contributed by atoms with Crippen molar-refractivity contribution in [3.8, 4) is 0 Å². The van der Waals surface area contributed by atoms with Gasteiger partial charge in [-0.2, -0.15) is 18.2 Å². The summed E-state index contributed by atoms with van der Waals surface area (Å²) < 4.78 is 36.3. The summed E-state index contributed by atoms with van der Waals surface area (Å²) in [4.78, 5) is 0. The zero-order chi connectivity index (χ0) is 8.97. The molecule has 1 aromatic carbocycles. The fourth-order valence-corrected chi connectivity index (χ4v) is 0.989. The van der Waals surface area contributed by atoms with Crippen molar-refractivity contribution in [3.05, 3.63) is 34.9 Å². The van der Waals surface area contributed by atoms with Gasteiger partial charge in [-0.15, -0.1) is 16.7 Å². The Bertz CT molecular complexity index is 208. The minimum Gasteiger partial charge on any atom is -0.248 e. The van der Waals surface area contributed by atoms with E-state index in [0.717, 1.165) is 0 Å². The smallest absolute Gasteiger partial charge is 0.0926 e. The molecule has 0 heterocycles. The number of hydrogen-bond acceptors (Lipinski definition) is 0. The maximum atomic E-state index is 12.1. The zero-order valence-electron chi connectivity index (χ0n) is 7.12. The average Bonchev–Trinajstić information content (AvgIpc) is 2.16. The molecule has 0 radical (unpaired) electrons. The standard InChI is InChI=1S/C9H8F3.Zn/c10-4-7-1-8(5-11)3-9(2-7)6-12;/h1-2H,4-6H2;/q-1;. The molecule has 0 aliphatic carbocycles. The molecule has 0 unspecified atom stereocenters. The van der Waals surface area contributed by atoms with Gasteiger partial charge in [0, 0.05) is 19.5 Å². The third-order valence-electron chi connectivity index (χ3n) is 1.48. The van der Waals surface area contributed by atoms with Gasteiger partial charge in [0.15, 0.2) is 0 Å². The molecule has 13 heavy (non-hydrogen) atoms. The van der Waals surface area contributed by atoms with Gasteiger partial charge in [0.1, 0.15) is 0 Å². The fourth-order valence-electron chi connectivity index (χ4n) is 0.989. The van der Waals surface area contributed by atoms with Crippen molar-refractivity contribution in [2.24, 2.45) is 0 Å². The molecule has 0 atom stereocenters. The van der Waals surface area contributed by atoms with E-state index in [-0.39, 0.29) is 30.6 Å². The molecule has 0 aliphatic rings. The van der Waals surface area contributed by atoms with E-state index >= 15 is 0 Å². The van der Waals surface area contributed by atoms with Crippen LogP contribution in [0.5, 0.6) is 0 Å². The molecular weight excluding hydrogens is 230 g/mol. The van der Waals surface area contributed by atoms with E-state index < -0.39 is 20.0 Å². The average molecular weight is 239 g/mol. The minimum absolute atomic E-state index is 0. The molecule has 1 rings (SSSR count). The third kappa shape index (κ3) is 3.47. The topological polar surface area (TPSA) is 0 Å². The quantitative estimate of drug-likeness (QED) is 0.561. The molecule has 4 heteroatoms. The van der Waals surface area contributed by atoms with Gasteiger partial charge in [-0.1, -0.05) is 0 Å². The first-order valence-electron chi connectivity index (χ1n) is 3.52.